The Bertz CT molecular complexity index is 488. The maximum Gasteiger partial charge on any atom is 0.221 e. The van der Waals surface area contributed by atoms with Gasteiger partial charge >= 0.3 is 0 Å². The molecule has 2 saturated heterocycles. The summed E-state index contributed by atoms with van der Waals surface area (Å²) in [5.41, 5.74) is 2.55. The van der Waals surface area contributed by atoms with Gasteiger partial charge in [-0.2, -0.15) is 0 Å². The molecule has 2 aliphatic rings. The van der Waals surface area contributed by atoms with Crippen LogP contribution in [0.15, 0.2) is 24.3 Å². The monoisotopic (exact) mass is 315 g/mol. The van der Waals surface area contributed by atoms with E-state index in [-0.39, 0.29) is 5.91 Å². The van der Waals surface area contributed by atoms with Crippen molar-refractivity contribution >= 4 is 5.91 Å². The van der Waals surface area contributed by atoms with Crippen molar-refractivity contribution in [3.63, 3.8) is 0 Å². The number of amides is 1. The lowest BCUT2D eigenvalue weighted by molar-refractivity contribution is -0.121. The molecule has 0 bridgehead atoms. The third-order valence-electron chi connectivity index (χ3n) is 4.96. The van der Waals surface area contributed by atoms with E-state index in [1.807, 2.05) is 0 Å². The zero-order valence-electron chi connectivity index (χ0n) is 14.0. The Morgan fingerprint density at radius 2 is 1.83 bits per heavy atom. The highest BCUT2D eigenvalue weighted by molar-refractivity contribution is 5.76. The number of carbonyl (C=O) groups excluding carboxylic acids is 1. The van der Waals surface area contributed by atoms with E-state index < -0.39 is 0 Å². The highest BCUT2D eigenvalue weighted by Gasteiger charge is 2.17. The van der Waals surface area contributed by atoms with Crippen molar-refractivity contribution in [3.8, 4) is 0 Å². The van der Waals surface area contributed by atoms with Crippen LogP contribution in [0.25, 0.3) is 0 Å². The lowest BCUT2D eigenvalue weighted by Gasteiger charge is -2.26. The summed E-state index contributed by atoms with van der Waals surface area (Å²) >= 11 is 0. The first-order valence-electron chi connectivity index (χ1n) is 9.10. The predicted octanol–water partition coefficient (Wildman–Crippen LogP) is 2.43. The normalized spacial score (nSPS) is 22.2. The summed E-state index contributed by atoms with van der Waals surface area (Å²) in [6.45, 7) is 5.20. The van der Waals surface area contributed by atoms with E-state index in [1.165, 1.54) is 49.9 Å². The number of hydrogen-bond donors (Lipinski definition) is 2. The molecule has 1 aromatic carbocycles. The third kappa shape index (κ3) is 5.33. The van der Waals surface area contributed by atoms with Gasteiger partial charge in [-0.3, -0.25) is 9.69 Å². The Labute approximate surface area is 139 Å². The molecule has 0 radical (unpaired) electrons. The van der Waals surface area contributed by atoms with Crippen molar-refractivity contribution in [2.24, 2.45) is 0 Å². The molecule has 2 aliphatic heterocycles. The molecule has 3 rings (SSSR count). The second-order valence-corrected chi connectivity index (χ2v) is 6.93. The van der Waals surface area contributed by atoms with Crippen molar-refractivity contribution in [1.29, 1.82) is 0 Å². The molecule has 126 valence electrons. The summed E-state index contributed by atoms with van der Waals surface area (Å²) in [5, 5.41) is 6.40. The second-order valence-electron chi connectivity index (χ2n) is 6.93. The third-order valence-corrected chi connectivity index (χ3v) is 4.96. The maximum atomic E-state index is 11.9. The van der Waals surface area contributed by atoms with E-state index in [0.717, 1.165) is 19.5 Å². The van der Waals surface area contributed by atoms with Gasteiger partial charge in [-0.1, -0.05) is 30.7 Å². The summed E-state index contributed by atoms with van der Waals surface area (Å²) in [7, 11) is 0. The highest BCUT2D eigenvalue weighted by Crippen LogP contribution is 2.14. The summed E-state index contributed by atoms with van der Waals surface area (Å²) in [4.78, 5) is 14.5. The van der Waals surface area contributed by atoms with Crippen LogP contribution in [-0.2, 0) is 17.9 Å². The van der Waals surface area contributed by atoms with Crippen LogP contribution in [0.1, 0.15) is 49.7 Å². The van der Waals surface area contributed by atoms with Crippen LogP contribution >= 0.6 is 0 Å². The standard InChI is InChI=1S/C19H29N3O/c23-19(13-18-5-4-10-20-18)21-14-16-6-8-17(9-7-16)15-22-11-2-1-3-12-22/h6-9,18,20H,1-5,10-15H2,(H,21,23). The minimum Gasteiger partial charge on any atom is -0.352 e. The molecule has 0 aliphatic carbocycles. The van der Waals surface area contributed by atoms with E-state index in [4.69, 9.17) is 0 Å². The lowest BCUT2D eigenvalue weighted by Crippen LogP contribution is -2.31. The Morgan fingerprint density at radius 1 is 1.09 bits per heavy atom. The van der Waals surface area contributed by atoms with Crippen molar-refractivity contribution in [2.75, 3.05) is 19.6 Å². The van der Waals surface area contributed by atoms with Crippen molar-refractivity contribution in [3.05, 3.63) is 35.4 Å². The molecule has 4 nitrogen and oxygen atoms in total. The Balaban J connectivity index is 1.40. The largest absolute Gasteiger partial charge is 0.352 e. The topological polar surface area (TPSA) is 44.4 Å². The molecule has 2 heterocycles. The van der Waals surface area contributed by atoms with Crippen molar-refractivity contribution in [1.82, 2.24) is 15.5 Å². The first kappa shape index (κ1) is 16.5. The Kier molecular flexibility index (Phi) is 6.06. The van der Waals surface area contributed by atoms with Crippen molar-refractivity contribution in [2.45, 2.75) is 57.7 Å². The molecule has 2 N–H and O–H groups in total. The molecular weight excluding hydrogens is 286 g/mol. The molecular formula is C19H29N3O. The average molecular weight is 315 g/mol. The first-order valence-corrected chi connectivity index (χ1v) is 9.10. The molecule has 0 aromatic heterocycles. The first-order chi connectivity index (χ1) is 11.3. The molecule has 2 fully saturated rings. The van der Waals surface area contributed by atoms with Gasteiger partial charge in [-0.15, -0.1) is 0 Å². The Morgan fingerprint density at radius 3 is 2.52 bits per heavy atom. The molecule has 1 atom stereocenters. The minimum atomic E-state index is 0.154. The summed E-state index contributed by atoms with van der Waals surface area (Å²) in [5.74, 6) is 0.154. The number of rotatable bonds is 6. The average Bonchev–Trinajstić information content (AvgIpc) is 3.08. The van der Waals surface area contributed by atoms with E-state index in [2.05, 4.69) is 39.8 Å². The SMILES string of the molecule is O=C(CC1CCCN1)NCc1ccc(CN2CCCCC2)cc1. The predicted molar refractivity (Wildman–Crippen MR) is 93.1 cm³/mol. The van der Waals surface area contributed by atoms with Crippen LogP contribution < -0.4 is 10.6 Å². The summed E-state index contributed by atoms with van der Waals surface area (Å²) in [6.07, 6.45) is 6.97. The van der Waals surface area contributed by atoms with Gasteiger partial charge in [-0.05, 0) is 56.4 Å². The summed E-state index contributed by atoms with van der Waals surface area (Å²) in [6, 6.07) is 9.08. The molecule has 1 unspecified atom stereocenters. The fourth-order valence-electron chi connectivity index (χ4n) is 3.57. The van der Waals surface area contributed by atoms with Gasteiger partial charge in [-0.25, -0.2) is 0 Å². The van der Waals surface area contributed by atoms with Crippen LogP contribution in [0.2, 0.25) is 0 Å². The second kappa shape index (κ2) is 8.46. The van der Waals surface area contributed by atoms with Crippen molar-refractivity contribution < 1.29 is 4.79 Å². The number of benzene rings is 1. The molecule has 1 amide bonds. The van der Waals surface area contributed by atoms with E-state index in [0.29, 0.717) is 19.0 Å². The van der Waals surface area contributed by atoms with Gasteiger partial charge in [0.25, 0.3) is 0 Å². The van der Waals surface area contributed by atoms with Gasteiger partial charge in [0.1, 0.15) is 0 Å². The van der Waals surface area contributed by atoms with E-state index in [9.17, 15) is 4.79 Å². The van der Waals surface area contributed by atoms with Gasteiger partial charge in [0.2, 0.25) is 5.91 Å². The van der Waals surface area contributed by atoms with Crippen LogP contribution in [0.4, 0.5) is 0 Å². The van der Waals surface area contributed by atoms with Gasteiger partial charge in [0.05, 0.1) is 0 Å². The number of hydrogen-bond acceptors (Lipinski definition) is 3. The Hall–Kier alpha value is -1.39. The molecule has 0 spiro atoms. The van der Waals surface area contributed by atoms with Crippen LogP contribution in [0.3, 0.4) is 0 Å². The minimum absolute atomic E-state index is 0.154. The zero-order valence-corrected chi connectivity index (χ0v) is 14.0. The fraction of sp³-hybridized carbons (Fsp3) is 0.632. The van der Waals surface area contributed by atoms with Gasteiger partial charge < -0.3 is 10.6 Å². The van der Waals surface area contributed by atoms with Gasteiger partial charge in [0, 0.05) is 25.6 Å². The van der Waals surface area contributed by atoms with E-state index >= 15 is 0 Å². The number of likely N-dealkylation sites (tertiary alicyclic amines) is 1. The van der Waals surface area contributed by atoms with Crippen LogP contribution in [0.5, 0.6) is 0 Å². The highest BCUT2D eigenvalue weighted by atomic mass is 16.1. The van der Waals surface area contributed by atoms with Gasteiger partial charge in [0.15, 0.2) is 0 Å². The molecule has 4 heteroatoms. The summed E-state index contributed by atoms with van der Waals surface area (Å²) < 4.78 is 0. The van der Waals surface area contributed by atoms with E-state index in [1.54, 1.807) is 0 Å². The quantitative estimate of drug-likeness (QED) is 0.847. The zero-order chi connectivity index (χ0) is 15.9. The number of carbonyl (C=O) groups is 1. The fourth-order valence-corrected chi connectivity index (χ4v) is 3.57. The number of nitrogens with zero attached hydrogens (tertiary/aromatic N) is 1. The smallest absolute Gasteiger partial charge is 0.221 e. The number of piperidine rings is 1. The molecule has 1 aromatic rings. The maximum absolute atomic E-state index is 11.9. The molecule has 0 saturated carbocycles. The number of nitrogens with one attached hydrogen (secondary N) is 2. The van der Waals surface area contributed by atoms with Crippen LogP contribution in [0, 0.1) is 0 Å². The van der Waals surface area contributed by atoms with Crippen LogP contribution in [-0.4, -0.2) is 36.5 Å². The molecule has 23 heavy (non-hydrogen) atoms. The lowest BCUT2D eigenvalue weighted by atomic mass is 10.1.